The number of amides is 1. The van der Waals surface area contributed by atoms with E-state index >= 15 is 0 Å². The van der Waals surface area contributed by atoms with E-state index in [1.165, 1.54) is 17.6 Å². The van der Waals surface area contributed by atoms with Crippen molar-refractivity contribution in [1.29, 1.82) is 0 Å². The smallest absolute Gasteiger partial charge is 0.277 e. The fraction of sp³-hybridized carbons (Fsp3) is 0.154. The number of halogens is 1. The number of hydrogen-bond acceptors (Lipinski definition) is 5. The van der Waals surface area contributed by atoms with Crippen LogP contribution in [-0.2, 0) is 4.79 Å². The first kappa shape index (κ1) is 14.5. The minimum absolute atomic E-state index is 0.156. The average molecular weight is 310 g/mol. The van der Waals surface area contributed by atoms with E-state index in [4.69, 9.17) is 16.3 Å². The van der Waals surface area contributed by atoms with Gasteiger partial charge in [-0.1, -0.05) is 23.7 Å². The van der Waals surface area contributed by atoms with Crippen LogP contribution in [0.2, 0.25) is 5.02 Å². The molecule has 0 aliphatic carbocycles. The molecule has 0 aliphatic rings. The summed E-state index contributed by atoms with van der Waals surface area (Å²) in [5.41, 5.74) is 3.07. The Hall–Kier alpha value is -1.92. The van der Waals surface area contributed by atoms with E-state index in [-0.39, 0.29) is 12.5 Å². The van der Waals surface area contributed by atoms with Crippen molar-refractivity contribution in [3.63, 3.8) is 0 Å². The molecule has 1 N–H and O–H groups in total. The summed E-state index contributed by atoms with van der Waals surface area (Å²) < 4.78 is 5.27. The van der Waals surface area contributed by atoms with Gasteiger partial charge >= 0.3 is 0 Å². The normalized spacial score (nSPS) is 10.7. The first-order chi connectivity index (χ1) is 9.65. The van der Waals surface area contributed by atoms with Crippen LogP contribution in [0.1, 0.15) is 10.7 Å². The Balaban J connectivity index is 1.78. The Morgan fingerprint density at radius 1 is 1.55 bits per heavy atom. The Labute approximate surface area is 125 Å². The zero-order valence-corrected chi connectivity index (χ0v) is 12.2. The topological polar surface area (TPSA) is 63.6 Å². The van der Waals surface area contributed by atoms with E-state index < -0.39 is 0 Å². The van der Waals surface area contributed by atoms with Crippen molar-refractivity contribution in [3.05, 3.63) is 45.4 Å². The van der Waals surface area contributed by atoms with Gasteiger partial charge < -0.3 is 4.74 Å². The number of aromatic nitrogens is 1. The molecule has 1 amide bonds. The van der Waals surface area contributed by atoms with Crippen LogP contribution in [0.3, 0.4) is 0 Å². The van der Waals surface area contributed by atoms with Gasteiger partial charge in [0.2, 0.25) is 0 Å². The molecule has 1 aromatic heterocycles. The number of hydrazone groups is 1. The van der Waals surface area contributed by atoms with Gasteiger partial charge in [-0.25, -0.2) is 10.4 Å². The van der Waals surface area contributed by atoms with Gasteiger partial charge in [0.25, 0.3) is 5.91 Å². The number of ether oxygens (including phenoxy) is 1. The second kappa shape index (κ2) is 7.02. The van der Waals surface area contributed by atoms with Gasteiger partial charge in [0.05, 0.1) is 21.9 Å². The third-order valence-corrected chi connectivity index (χ3v) is 3.32. The molecule has 0 aliphatic heterocycles. The molecule has 0 saturated carbocycles. The van der Waals surface area contributed by atoms with Crippen LogP contribution >= 0.6 is 22.9 Å². The fourth-order valence-corrected chi connectivity index (χ4v) is 2.10. The van der Waals surface area contributed by atoms with Crippen molar-refractivity contribution >= 4 is 35.1 Å². The zero-order valence-electron chi connectivity index (χ0n) is 10.7. The highest BCUT2D eigenvalue weighted by molar-refractivity contribution is 7.09. The molecule has 7 heteroatoms. The number of rotatable bonds is 5. The summed E-state index contributed by atoms with van der Waals surface area (Å²) >= 11 is 7.42. The Kier molecular flexibility index (Phi) is 5.09. The number of nitrogens with one attached hydrogen (secondary N) is 1. The van der Waals surface area contributed by atoms with Crippen LogP contribution in [0.4, 0.5) is 0 Å². The number of carbonyl (C=O) groups is 1. The van der Waals surface area contributed by atoms with Crippen molar-refractivity contribution in [2.24, 2.45) is 5.10 Å². The quantitative estimate of drug-likeness (QED) is 0.682. The largest absolute Gasteiger partial charge is 0.482 e. The standard InChI is InChI=1S/C13H12ClN3O2S/c1-9-16-10(8-20-9)6-15-17-13(18)7-19-12-5-3-2-4-11(12)14/h2-6,8H,7H2,1H3,(H,17,18)/b15-6-. The second-order valence-electron chi connectivity index (χ2n) is 3.80. The molecule has 20 heavy (non-hydrogen) atoms. The molecule has 2 aromatic rings. The van der Waals surface area contributed by atoms with E-state index in [9.17, 15) is 4.79 Å². The van der Waals surface area contributed by atoms with Crippen LogP contribution in [0.15, 0.2) is 34.7 Å². The van der Waals surface area contributed by atoms with Crippen molar-refractivity contribution in [2.45, 2.75) is 6.92 Å². The maximum atomic E-state index is 11.5. The fourth-order valence-electron chi connectivity index (χ4n) is 1.35. The Bertz CT molecular complexity index is 628. The van der Waals surface area contributed by atoms with Crippen LogP contribution in [0.25, 0.3) is 0 Å². The lowest BCUT2D eigenvalue weighted by atomic mass is 10.3. The van der Waals surface area contributed by atoms with E-state index in [1.54, 1.807) is 24.3 Å². The van der Waals surface area contributed by atoms with Crippen molar-refractivity contribution in [1.82, 2.24) is 10.4 Å². The highest BCUT2D eigenvalue weighted by Gasteiger charge is 2.04. The second-order valence-corrected chi connectivity index (χ2v) is 5.27. The molecule has 0 spiro atoms. The summed E-state index contributed by atoms with van der Waals surface area (Å²) in [5.74, 6) is 0.0940. The number of carbonyl (C=O) groups excluding carboxylic acids is 1. The van der Waals surface area contributed by atoms with E-state index in [1.807, 2.05) is 12.3 Å². The summed E-state index contributed by atoms with van der Waals surface area (Å²) in [4.78, 5) is 15.7. The maximum absolute atomic E-state index is 11.5. The molecule has 1 heterocycles. The minimum Gasteiger partial charge on any atom is -0.482 e. The SMILES string of the molecule is Cc1nc(/C=N\NC(=O)COc2ccccc2Cl)cs1. The van der Waals surface area contributed by atoms with Gasteiger partial charge in [-0.2, -0.15) is 5.10 Å². The van der Waals surface area contributed by atoms with Crippen LogP contribution in [-0.4, -0.2) is 23.7 Å². The molecule has 104 valence electrons. The van der Waals surface area contributed by atoms with Gasteiger partial charge in [0, 0.05) is 5.38 Å². The van der Waals surface area contributed by atoms with Crippen LogP contribution in [0.5, 0.6) is 5.75 Å². The number of hydrogen-bond donors (Lipinski definition) is 1. The molecule has 0 radical (unpaired) electrons. The summed E-state index contributed by atoms with van der Waals surface area (Å²) in [7, 11) is 0. The van der Waals surface area contributed by atoms with Crippen molar-refractivity contribution < 1.29 is 9.53 Å². The molecule has 0 unspecified atom stereocenters. The van der Waals surface area contributed by atoms with Gasteiger partial charge in [0.1, 0.15) is 5.75 Å². The predicted octanol–water partition coefficient (Wildman–Crippen LogP) is 2.63. The number of aryl methyl sites for hydroxylation is 1. The molecule has 0 bridgehead atoms. The number of thiazole rings is 1. The van der Waals surface area contributed by atoms with E-state index in [0.29, 0.717) is 16.5 Å². The van der Waals surface area contributed by atoms with Crippen LogP contribution < -0.4 is 10.2 Å². The van der Waals surface area contributed by atoms with Gasteiger partial charge in [-0.05, 0) is 19.1 Å². The lowest BCUT2D eigenvalue weighted by molar-refractivity contribution is -0.123. The van der Waals surface area contributed by atoms with Gasteiger partial charge in [-0.3, -0.25) is 4.79 Å². The highest BCUT2D eigenvalue weighted by atomic mass is 35.5. The summed E-state index contributed by atoms with van der Waals surface area (Å²) in [5, 5.41) is 7.05. The third kappa shape index (κ3) is 4.32. The first-order valence-corrected chi connectivity index (χ1v) is 7.02. The average Bonchev–Trinajstić information content (AvgIpc) is 2.83. The first-order valence-electron chi connectivity index (χ1n) is 5.76. The number of benzene rings is 1. The third-order valence-electron chi connectivity index (χ3n) is 2.22. The maximum Gasteiger partial charge on any atom is 0.277 e. The van der Waals surface area contributed by atoms with E-state index in [2.05, 4.69) is 15.5 Å². The van der Waals surface area contributed by atoms with Crippen LogP contribution in [0, 0.1) is 6.92 Å². The lowest BCUT2D eigenvalue weighted by Crippen LogP contribution is -2.24. The van der Waals surface area contributed by atoms with E-state index in [0.717, 1.165) is 5.01 Å². The Morgan fingerprint density at radius 2 is 2.35 bits per heavy atom. The predicted molar refractivity (Wildman–Crippen MR) is 79.5 cm³/mol. The van der Waals surface area contributed by atoms with Gasteiger partial charge in [-0.15, -0.1) is 11.3 Å². The minimum atomic E-state index is -0.367. The molecular weight excluding hydrogens is 298 g/mol. The molecule has 1 aromatic carbocycles. The van der Waals surface area contributed by atoms with Gasteiger partial charge in [0.15, 0.2) is 6.61 Å². The van der Waals surface area contributed by atoms with Crippen molar-refractivity contribution in [3.8, 4) is 5.75 Å². The number of para-hydroxylation sites is 1. The summed E-state index contributed by atoms with van der Waals surface area (Å²) in [6, 6.07) is 6.95. The highest BCUT2D eigenvalue weighted by Crippen LogP contribution is 2.22. The summed E-state index contributed by atoms with van der Waals surface area (Å²) in [6.07, 6.45) is 1.48. The molecule has 0 fully saturated rings. The molecular formula is C13H12ClN3O2S. The number of nitrogens with zero attached hydrogens (tertiary/aromatic N) is 2. The molecule has 5 nitrogen and oxygen atoms in total. The van der Waals surface area contributed by atoms with Crippen molar-refractivity contribution in [2.75, 3.05) is 6.61 Å². The zero-order chi connectivity index (χ0) is 14.4. The molecule has 2 rings (SSSR count). The molecule has 0 saturated heterocycles. The molecule has 0 atom stereocenters. The monoisotopic (exact) mass is 309 g/mol. The Morgan fingerprint density at radius 3 is 3.05 bits per heavy atom. The lowest BCUT2D eigenvalue weighted by Gasteiger charge is -2.05. The summed E-state index contributed by atoms with van der Waals surface area (Å²) in [6.45, 7) is 1.75.